The number of carbonyl (C=O) groups excluding carboxylic acids is 1. The third kappa shape index (κ3) is 4.28. The monoisotopic (exact) mass is 396 g/mol. The number of para-hydroxylation sites is 1. The van der Waals surface area contributed by atoms with Gasteiger partial charge in [0.15, 0.2) is 5.69 Å². The molecule has 1 amide bonds. The van der Waals surface area contributed by atoms with Crippen LogP contribution in [0.1, 0.15) is 37.0 Å². The van der Waals surface area contributed by atoms with Gasteiger partial charge in [-0.25, -0.2) is 4.79 Å². The van der Waals surface area contributed by atoms with E-state index in [4.69, 9.17) is 4.42 Å². The van der Waals surface area contributed by atoms with Gasteiger partial charge in [-0.1, -0.05) is 37.5 Å². The first-order valence-electron chi connectivity index (χ1n) is 9.82. The fourth-order valence-electron chi connectivity index (χ4n) is 3.84. The van der Waals surface area contributed by atoms with Crippen LogP contribution < -0.4 is 16.3 Å². The maximum absolute atomic E-state index is 12.6. The molecule has 0 radical (unpaired) electrons. The van der Waals surface area contributed by atoms with Gasteiger partial charge < -0.3 is 15.1 Å². The number of thiophene rings is 1. The number of fused-ring (bicyclic) bond motifs is 1. The number of benzene rings is 1. The van der Waals surface area contributed by atoms with Crippen molar-refractivity contribution in [1.82, 2.24) is 0 Å². The van der Waals surface area contributed by atoms with E-state index in [0.717, 1.165) is 16.8 Å². The summed E-state index contributed by atoms with van der Waals surface area (Å²) in [6.07, 6.45) is 6.46. The lowest BCUT2D eigenvalue weighted by Gasteiger charge is -2.23. The molecule has 1 aromatic carbocycles. The summed E-state index contributed by atoms with van der Waals surface area (Å²) in [6.45, 7) is 0.793. The molecule has 146 valence electrons. The van der Waals surface area contributed by atoms with Crippen molar-refractivity contribution in [3.05, 3.63) is 57.1 Å². The van der Waals surface area contributed by atoms with Gasteiger partial charge in [-0.05, 0) is 42.3 Å². The minimum atomic E-state index is -0.524. The Hall–Kier alpha value is -2.60. The summed E-state index contributed by atoms with van der Waals surface area (Å²) in [4.78, 5) is 26.1. The molecule has 6 heteroatoms. The molecule has 0 unspecified atom stereocenters. The molecule has 28 heavy (non-hydrogen) atoms. The van der Waals surface area contributed by atoms with E-state index in [2.05, 4.69) is 10.6 Å². The average Bonchev–Trinajstić information content (AvgIpc) is 3.21. The number of rotatable bonds is 6. The van der Waals surface area contributed by atoms with Crippen LogP contribution in [-0.4, -0.2) is 12.5 Å². The van der Waals surface area contributed by atoms with Crippen LogP contribution >= 0.6 is 11.3 Å². The van der Waals surface area contributed by atoms with Gasteiger partial charge in [-0.2, -0.15) is 0 Å². The summed E-state index contributed by atoms with van der Waals surface area (Å²) >= 11 is 1.52. The van der Waals surface area contributed by atoms with Gasteiger partial charge in [0.2, 0.25) is 5.91 Å². The zero-order valence-corrected chi connectivity index (χ0v) is 16.5. The van der Waals surface area contributed by atoms with Gasteiger partial charge in [0.1, 0.15) is 5.58 Å². The summed E-state index contributed by atoms with van der Waals surface area (Å²) in [5, 5.41) is 9.00. The zero-order valence-electron chi connectivity index (χ0n) is 15.7. The van der Waals surface area contributed by atoms with E-state index in [-0.39, 0.29) is 18.0 Å². The molecular formula is C22H24N2O3S. The minimum absolute atomic E-state index is 0.205. The highest BCUT2D eigenvalue weighted by Crippen LogP contribution is 2.31. The molecule has 0 spiro atoms. The van der Waals surface area contributed by atoms with E-state index in [1.54, 1.807) is 6.07 Å². The minimum Gasteiger partial charge on any atom is -0.421 e. The third-order valence-corrected chi connectivity index (χ3v) is 6.16. The molecule has 4 rings (SSSR count). The molecule has 1 aliphatic rings. The SMILES string of the molecule is O=C(Cc1cccs1)Nc1c(NCC2CCCCC2)c2ccccc2oc1=O. The second kappa shape index (κ2) is 8.61. The highest BCUT2D eigenvalue weighted by molar-refractivity contribution is 7.10. The fourth-order valence-corrected chi connectivity index (χ4v) is 4.54. The Bertz CT molecular complexity index is 1000. The predicted molar refractivity (Wildman–Crippen MR) is 114 cm³/mol. The molecule has 2 heterocycles. The van der Waals surface area contributed by atoms with Gasteiger partial charge in [-0.3, -0.25) is 4.79 Å². The van der Waals surface area contributed by atoms with Gasteiger partial charge >= 0.3 is 5.63 Å². The topological polar surface area (TPSA) is 71.3 Å². The summed E-state index contributed by atoms with van der Waals surface area (Å²) < 4.78 is 5.45. The lowest BCUT2D eigenvalue weighted by Crippen LogP contribution is -2.23. The number of amides is 1. The number of nitrogens with one attached hydrogen (secondary N) is 2. The molecule has 2 aromatic heterocycles. The number of hydrogen-bond acceptors (Lipinski definition) is 5. The standard InChI is InChI=1S/C22H24N2O3S/c25-19(13-16-9-6-12-28-16)24-21-20(23-14-15-7-2-1-3-8-15)17-10-4-5-11-18(17)27-22(21)26/h4-6,9-12,15,23H,1-3,7-8,13-14H2,(H,24,25). The molecule has 5 nitrogen and oxygen atoms in total. The second-order valence-electron chi connectivity index (χ2n) is 7.32. The van der Waals surface area contributed by atoms with Crippen LogP contribution in [0.5, 0.6) is 0 Å². The van der Waals surface area contributed by atoms with Crippen LogP contribution in [0.4, 0.5) is 11.4 Å². The summed E-state index contributed by atoms with van der Waals surface area (Å²) in [5.74, 6) is 0.375. The van der Waals surface area contributed by atoms with Crippen LogP contribution in [0.25, 0.3) is 11.0 Å². The molecule has 0 bridgehead atoms. The summed E-state index contributed by atoms with van der Waals surface area (Å²) in [7, 11) is 0. The van der Waals surface area contributed by atoms with Gasteiger partial charge in [0, 0.05) is 16.8 Å². The Balaban J connectivity index is 1.62. The van der Waals surface area contributed by atoms with Crippen molar-refractivity contribution < 1.29 is 9.21 Å². The van der Waals surface area contributed by atoms with Crippen molar-refractivity contribution in [2.24, 2.45) is 5.92 Å². The van der Waals surface area contributed by atoms with E-state index >= 15 is 0 Å². The molecule has 0 saturated heterocycles. The smallest absolute Gasteiger partial charge is 0.362 e. The molecule has 0 atom stereocenters. The van der Waals surface area contributed by atoms with Crippen molar-refractivity contribution in [1.29, 1.82) is 0 Å². The average molecular weight is 397 g/mol. The van der Waals surface area contributed by atoms with Crippen molar-refractivity contribution in [2.75, 3.05) is 17.2 Å². The van der Waals surface area contributed by atoms with E-state index < -0.39 is 5.63 Å². The van der Waals surface area contributed by atoms with Gasteiger partial charge in [0.05, 0.1) is 12.1 Å². The first-order valence-corrected chi connectivity index (χ1v) is 10.7. The molecule has 1 saturated carbocycles. The highest BCUT2D eigenvalue weighted by atomic mass is 32.1. The molecule has 1 fully saturated rings. The summed E-state index contributed by atoms with van der Waals surface area (Å²) in [6, 6.07) is 11.3. The van der Waals surface area contributed by atoms with Crippen LogP contribution in [-0.2, 0) is 11.2 Å². The quantitative estimate of drug-likeness (QED) is 0.574. The Labute approximate surface area is 167 Å². The van der Waals surface area contributed by atoms with Crippen molar-refractivity contribution in [2.45, 2.75) is 38.5 Å². The lowest BCUT2D eigenvalue weighted by atomic mass is 9.89. The van der Waals surface area contributed by atoms with Crippen molar-refractivity contribution in [3.8, 4) is 0 Å². The number of anilines is 2. The maximum atomic E-state index is 12.6. The van der Waals surface area contributed by atoms with E-state index in [1.807, 2.05) is 35.7 Å². The second-order valence-corrected chi connectivity index (χ2v) is 8.36. The Kier molecular flexibility index (Phi) is 5.76. The van der Waals surface area contributed by atoms with Crippen LogP contribution in [0.15, 0.2) is 51.0 Å². The third-order valence-electron chi connectivity index (χ3n) is 5.28. The van der Waals surface area contributed by atoms with Gasteiger partial charge in [-0.15, -0.1) is 11.3 Å². The molecule has 3 aromatic rings. The highest BCUT2D eigenvalue weighted by Gasteiger charge is 2.19. The Morgan fingerprint density at radius 2 is 1.89 bits per heavy atom. The lowest BCUT2D eigenvalue weighted by molar-refractivity contribution is -0.115. The van der Waals surface area contributed by atoms with E-state index in [0.29, 0.717) is 17.2 Å². The maximum Gasteiger partial charge on any atom is 0.362 e. The van der Waals surface area contributed by atoms with Gasteiger partial charge in [0.25, 0.3) is 0 Å². The van der Waals surface area contributed by atoms with E-state index in [9.17, 15) is 9.59 Å². The normalized spacial score (nSPS) is 14.9. The molecular weight excluding hydrogens is 372 g/mol. The molecule has 0 aliphatic heterocycles. The van der Waals surface area contributed by atoms with Crippen molar-refractivity contribution >= 4 is 39.6 Å². The number of hydrogen-bond donors (Lipinski definition) is 2. The van der Waals surface area contributed by atoms with Crippen LogP contribution in [0.3, 0.4) is 0 Å². The van der Waals surface area contributed by atoms with E-state index in [1.165, 1.54) is 43.4 Å². The number of carbonyl (C=O) groups is 1. The zero-order chi connectivity index (χ0) is 19.3. The largest absolute Gasteiger partial charge is 0.421 e. The summed E-state index contributed by atoms with van der Waals surface area (Å²) in [5.41, 5.74) is 0.868. The van der Waals surface area contributed by atoms with Crippen LogP contribution in [0, 0.1) is 5.92 Å². The molecule has 2 N–H and O–H groups in total. The van der Waals surface area contributed by atoms with Crippen LogP contribution in [0.2, 0.25) is 0 Å². The van der Waals surface area contributed by atoms with Crippen molar-refractivity contribution in [3.63, 3.8) is 0 Å². The first-order chi connectivity index (χ1) is 13.7. The predicted octanol–water partition coefficient (Wildman–Crippen LogP) is 5.03. The first kappa shape index (κ1) is 18.7. The molecule has 1 aliphatic carbocycles. The fraction of sp³-hybridized carbons (Fsp3) is 0.364. The Morgan fingerprint density at radius 3 is 2.68 bits per heavy atom. The Morgan fingerprint density at radius 1 is 1.07 bits per heavy atom.